The lowest BCUT2D eigenvalue weighted by molar-refractivity contribution is -0.114. The molecule has 0 saturated carbocycles. The Morgan fingerprint density at radius 2 is 2.26 bits per heavy atom. The van der Waals surface area contributed by atoms with Gasteiger partial charge in [-0.15, -0.1) is 0 Å². The van der Waals surface area contributed by atoms with Gasteiger partial charge in [0.15, 0.2) is 0 Å². The number of nitrogens with zero attached hydrogens (tertiary/aromatic N) is 1. The van der Waals surface area contributed by atoms with Crippen LogP contribution < -0.4 is 10.6 Å². The Bertz CT molecular complexity index is 594. The number of aromatic nitrogens is 2. The molecule has 1 aromatic heterocycles. The summed E-state index contributed by atoms with van der Waals surface area (Å²) in [6.45, 7) is 3.76. The number of imidazole rings is 1. The minimum Gasteiger partial charge on any atom is -0.379 e. The number of hydrogen-bond donors (Lipinski definition) is 3. The number of halogens is 1. The van der Waals surface area contributed by atoms with Crippen molar-refractivity contribution >= 4 is 17.3 Å². The van der Waals surface area contributed by atoms with E-state index in [1.54, 1.807) is 18.3 Å². The van der Waals surface area contributed by atoms with E-state index in [1.165, 1.54) is 13.0 Å². The van der Waals surface area contributed by atoms with Crippen LogP contribution in [0.25, 0.3) is 0 Å². The van der Waals surface area contributed by atoms with Crippen molar-refractivity contribution in [2.45, 2.75) is 20.4 Å². The predicted octanol–water partition coefficient (Wildman–Crippen LogP) is 2.43. The average Bonchev–Trinajstić information content (AvgIpc) is 2.75. The third-order valence-corrected chi connectivity index (χ3v) is 2.52. The number of H-pyrrole nitrogens is 1. The van der Waals surface area contributed by atoms with E-state index in [2.05, 4.69) is 20.6 Å². The van der Waals surface area contributed by atoms with Gasteiger partial charge >= 0.3 is 0 Å². The van der Waals surface area contributed by atoms with Gasteiger partial charge in [0.1, 0.15) is 11.6 Å². The summed E-state index contributed by atoms with van der Waals surface area (Å²) in [6, 6.07) is 4.48. The van der Waals surface area contributed by atoms with E-state index < -0.39 is 5.82 Å². The molecule has 0 aliphatic rings. The van der Waals surface area contributed by atoms with E-state index in [1.807, 2.05) is 6.92 Å². The van der Waals surface area contributed by atoms with Crippen LogP contribution in [0.3, 0.4) is 0 Å². The molecule has 1 amide bonds. The number of amides is 1. The van der Waals surface area contributed by atoms with Crippen LogP contribution in [0.4, 0.5) is 15.8 Å². The molecule has 100 valence electrons. The Labute approximate surface area is 110 Å². The van der Waals surface area contributed by atoms with Crippen LogP contribution in [-0.4, -0.2) is 15.9 Å². The van der Waals surface area contributed by atoms with Crippen molar-refractivity contribution in [2.24, 2.45) is 0 Å². The number of carbonyl (C=O) groups is 1. The molecule has 0 unspecified atom stereocenters. The largest absolute Gasteiger partial charge is 0.379 e. The first-order chi connectivity index (χ1) is 9.04. The van der Waals surface area contributed by atoms with E-state index in [0.717, 1.165) is 17.2 Å². The Balaban J connectivity index is 2.06. The molecular formula is C13H15FN4O. The fourth-order valence-electron chi connectivity index (χ4n) is 1.68. The Morgan fingerprint density at radius 3 is 2.89 bits per heavy atom. The summed E-state index contributed by atoms with van der Waals surface area (Å²) < 4.78 is 13.4. The fourth-order valence-corrected chi connectivity index (χ4v) is 1.68. The molecule has 0 spiro atoms. The number of anilines is 2. The van der Waals surface area contributed by atoms with Gasteiger partial charge < -0.3 is 15.6 Å². The molecule has 0 aliphatic heterocycles. The van der Waals surface area contributed by atoms with Gasteiger partial charge in [-0.05, 0) is 25.1 Å². The molecule has 1 heterocycles. The summed E-state index contributed by atoms with van der Waals surface area (Å²) in [5.41, 5.74) is 1.82. The van der Waals surface area contributed by atoms with Gasteiger partial charge in [0.25, 0.3) is 0 Å². The number of carbonyl (C=O) groups excluding carboxylic acids is 1. The Morgan fingerprint density at radius 1 is 1.47 bits per heavy atom. The quantitative estimate of drug-likeness (QED) is 0.792. The number of nitrogens with one attached hydrogen (secondary N) is 3. The molecule has 0 radical (unpaired) electrons. The molecule has 19 heavy (non-hydrogen) atoms. The lowest BCUT2D eigenvalue weighted by atomic mass is 10.2. The molecule has 2 rings (SSSR count). The summed E-state index contributed by atoms with van der Waals surface area (Å²) in [4.78, 5) is 18.1. The van der Waals surface area contributed by atoms with Crippen molar-refractivity contribution in [1.29, 1.82) is 0 Å². The molecule has 0 fully saturated rings. The van der Waals surface area contributed by atoms with Crippen LogP contribution >= 0.6 is 0 Å². The van der Waals surface area contributed by atoms with Gasteiger partial charge in [0.2, 0.25) is 5.91 Å². The molecule has 0 atom stereocenters. The zero-order valence-corrected chi connectivity index (χ0v) is 10.7. The second kappa shape index (κ2) is 5.51. The summed E-state index contributed by atoms with van der Waals surface area (Å²) in [7, 11) is 0. The van der Waals surface area contributed by atoms with Gasteiger partial charge in [0, 0.05) is 12.6 Å². The number of aromatic amines is 1. The van der Waals surface area contributed by atoms with Crippen LogP contribution in [0.15, 0.2) is 24.4 Å². The first-order valence-corrected chi connectivity index (χ1v) is 5.86. The predicted molar refractivity (Wildman–Crippen MR) is 71.4 cm³/mol. The molecule has 3 N–H and O–H groups in total. The van der Waals surface area contributed by atoms with Gasteiger partial charge in [0.05, 0.1) is 24.1 Å². The second-order valence-corrected chi connectivity index (χ2v) is 4.22. The summed E-state index contributed by atoms with van der Waals surface area (Å²) >= 11 is 0. The standard InChI is InChI=1S/C13H15FN4O/c1-8-15-6-11(17-8)7-16-10-3-4-12(14)13(5-10)18-9(2)19/h3-6,16H,7H2,1-2H3,(H,15,17)(H,18,19). The number of aryl methyl sites for hydroxylation is 1. The molecule has 2 aromatic rings. The molecule has 5 nitrogen and oxygen atoms in total. The van der Waals surface area contributed by atoms with Crippen molar-refractivity contribution in [2.75, 3.05) is 10.6 Å². The monoisotopic (exact) mass is 262 g/mol. The highest BCUT2D eigenvalue weighted by atomic mass is 19.1. The zero-order valence-electron chi connectivity index (χ0n) is 10.7. The van der Waals surface area contributed by atoms with Crippen LogP contribution in [-0.2, 0) is 11.3 Å². The molecule has 0 bridgehead atoms. The zero-order chi connectivity index (χ0) is 13.8. The smallest absolute Gasteiger partial charge is 0.221 e. The van der Waals surface area contributed by atoms with E-state index in [9.17, 15) is 9.18 Å². The third kappa shape index (κ3) is 3.54. The van der Waals surface area contributed by atoms with Crippen LogP contribution in [0.5, 0.6) is 0 Å². The fraction of sp³-hybridized carbons (Fsp3) is 0.231. The van der Waals surface area contributed by atoms with Crippen LogP contribution in [0, 0.1) is 12.7 Å². The second-order valence-electron chi connectivity index (χ2n) is 4.22. The van der Waals surface area contributed by atoms with Gasteiger partial charge in [-0.25, -0.2) is 9.37 Å². The van der Waals surface area contributed by atoms with E-state index in [4.69, 9.17) is 0 Å². The number of benzene rings is 1. The van der Waals surface area contributed by atoms with Crippen LogP contribution in [0.1, 0.15) is 18.4 Å². The SMILES string of the molecule is CC(=O)Nc1cc(NCc2cnc(C)[nH]2)ccc1F. The van der Waals surface area contributed by atoms with Crippen molar-refractivity contribution in [3.8, 4) is 0 Å². The summed E-state index contributed by atoms with van der Waals surface area (Å²) in [6.07, 6.45) is 1.74. The van der Waals surface area contributed by atoms with E-state index in [0.29, 0.717) is 6.54 Å². The molecule has 0 aliphatic carbocycles. The molecule has 0 saturated heterocycles. The Hall–Kier alpha value is -2.37. The van der Waals surface area contributed by atoms with Gasteiger partial charge in [-0.1, -0.05) is 0 Å². The van der Waals surface area contributed by atoms with Crippen molar-refractivity contribution in [3.05, 3.63) is 41.7 Å². The first-order valence-electron chi connectivity index (χ1n) is 5.86. The first kappa shape index (κ1) is 13.1. The lowest BCUT2D eigenvalue weighted by Gasteiger charge is -2.09. The molecule has 1 aromatic carbocycles. The molecule has 6 heteroatoms. The van der Waals surface area contributed by atoms with Crippen molar-refractivity contribution in [3.63, 3.8) is 0 Å². The van der Waals surface area contributed by atoms with Gasteiger partial charge in [-0.2, -0.15) is 0 Å². The van der Waals surface area contributed by atoms with Crippen LogP contribution in [0.2, 0.25) is 0 Å². The number of hydrogen-bond acceptors (Lipinski definition) is 3. The summed E-state index contributed by atoms with van der Waals surface area (Å²) in [5, 5.41) is 5.57. The Kier molecular flexibility index (Phi) is 3.79. The minimum atomic E-state index is -0.460. The maximum atomic E-state index is 13.4. The van der Waals surface area contributed by atoms with E-state index >= 15 is 0 Å². The maximum Gasteiger partial charge on any atom is 0.221 e. The molecular weight excluding hydrogens is 247 g/mol. The third-order valence-electron chi connectivity index (χ3n) is 2.52. The van der Waals surface area contributed by atoms with E-state index in [-0.39, 0.29) is 11.6 Å². The maximum absolute atomic E-state index is 13.4. The minimum absolute atomic E-state index is 0.165. The normalized spacial score (nSPS) is 10.3. The average molecular weight is 262 g/mol. The highest BCUT2D eigenvalue weighted by Crippen LogP contribution is 2.20. The summed E-state index contributed by atoms with van der Waals surface area (Å²) in [5.74, 6) is 0.0771. The number of rotatable bonds is 4. The highest BCUT2D eigenvalue weighted by Gasteiger charge is 2.05. The topological polar surface area (TPSA) is 69.8 Å². The van der Waals surface area contributed by atoms with Crippen molar-refractivity contribution < 1.29 is 9.18 Å². The lowest BCUT2D eigenvalue weighted by Crippen LogP contribution is -2.08. The van der Waals surface area contributed by atoms with Gasteiger partial charge in [-0.3, -0.25) is 4.79 Å². The van der Waals surface area contributed by atoms with Crippen molar-refractivity contribution in [1.82, 2.24) is 9.97 Å². The highest BCUT2D eigenvalue weighted by molar-refractivity contribution is 5.89.